The molecule has 0 radical (unpaired) electrons. The molecule has 0 fully saturated rings. The molecule has 150 valence electrons. The summed E-state index contributed by atoms with van der Waals surface area (Å²) in [5.41, 5.74) is 3.16. The summed E-state index contributed by atoms with van der Waals surface area (Å²) in [4.78, 5) is 30.1. The third kappa shape index (κ3) is 4.26. The average Bonchev–Trinajstić information content (AvgIpc) is 3.08. The van der Waals surface area contributed by atoms with Crippen LogP contribution in [0.15, 0.2) is 24.3 Å². The molecular weight excluding hydrogens is 352 g/mol. The topological polar surface area (TPSA) is 76.0 Å². The van der Waals surface area contributed by atoms with Gasteiger partial charge in [-0.2, -0.15) is 0 Å². The van der Waals surface area contributed by atoms with Crippen molar-refractivity contribution in [1.29, 1.82) is 0 Å². The Balaban J connectivity index is 1.87. The fourth-order valence-electron chi connectivity index (χ4n) is 3.65. The van der Waals surface area contributed by atoms with Crippen molar-refractivity contribution in [3.63, 3.8) is 0 Å². The third-order valence-electron chi connectivity index (χ3n) is 5.18. The molecule has 1 aliphatic heterocycles. The minimum atomic E-state index is -0.260. The summed E-state index contributed by atoms with van der Waals surface area (Å²) in [6.07, 6.45) is 4.73. The van der Waals surface area contributed by atoms with E-state index in [1.165, 1.54) is 0 Å². The van der Waals surface area contributed by atoms with E-state index in [1.54, 1.807) is 0 Å². The molecule has 0 saturated heterocycles. The Morgan fingerprint density at radius 2 is 1.96 bits per heavy atom. The average molecular weight is 383 g/mol. The van der Waals surface area contributed by atoms with Gasteiger partial charge in [0, 0.05) is 18.8 Å². The first-order valence-electron chi connectivity index (χ1n) is 10.3. The number of imidazole rings is 1. The fourth-order valence-corrected chi connectivity index (χ4v) is 3.65. The summed E-state index contributed by atoms with van der Waals surface area (Å²) in [6.45, 7) is 7.63. The number of amides is 2. The Bertz CT molecular complexity index is 854. The molecule has 6 heteroatoms. The van der Waals surface area contributed by atoms with Crippen LogP contribution in [0.1, 0.15) is 84.7 Å². The Morgan fingerprint density at radius 1 is 1.18 bits per heavy atom. The second-order valence-electron chi connectivity index (χ2n) is 7.64. The molecule has 0 unspecified atom stereocenters. The van der Waals surface area contributed by atoms with E-state index in [1.807, 2.05) is 28.8 Å². The van der Waals surface area contributed by atoms with Gasteiger partial charge in [0.1, 0.15) is 5.69 Å². The predicted octanol–water partition coefficient (Wildman–Crippen LogP) is 4.13. The van der Waals surface area contributed by atoms with Crippen molar-refractivity contribution in [3.8, 4) is 0 Å². The van der Waals surface area contributed by atoms with Crippen molar-refractivity contribution in [3.05, 3.63) is 47.0 Å². The number of unbranched alkanes of at least 4 members (excludes halogenated alkanes) is 1. The number of nitrogens with one attached hydrogen (secondary N) is 2. The zero-order valence-electron chi connectivity index (χ0n) is 17.0. The second kappa shape index (κ2) is 9.04. The van der Waals surface area contributed by atoms with Crippen LogP contribution in [0.25, 0.3) is 0 Å². The SMILES string of the molecule is CCCCNC(=O)c1nc(C(=O)Nc2ccccc2C(C)C)n2c1CCCC2. The van der Waals surface area contributed by atoms with Crippen LogP contribution in [-0.4, -0.2) is 27.9 Å². The molecule has 0 aliphatic carbocycles. The first-order chi connectivity index (χ1) is 13.5. The molecule has 2 aromatic rings. The standard InChI is InChI=1S/C22H30N4O2/c1-4-5-13-23-21(27)19-18-12-8-9-14-26(18)20(25-19)22(28)24-17-11-7-6-10-16(17)15(2)3/h6-7,10-11,15H,4-5,8-9,12-14H2,1-3H3,(H,23,27)(H,24,28). The zero-order valence-corrected chi connectivity index (χ0v) is 17.0. The highest BCUT2D eigenvalue weighted by atomic mass is 16.2. The molecule has 6 nitrogen and oxygen atoms in total. The van der Waals surface area contributed by atoms with Gasteiger partial charge in [0.15, 0.2) is 5.82 Å². The predicted molar refractivity (Wildman–Crippen MR) is 111 cm³/mol. The summed E-state index contributed by atoms with van der Waals surface area (Å²) < 4.78 is 1.92. The first-order valence-corrected chi connectivity index (χ1v) is 10.3. The lowest BCUT2D eigenvalue weighted by atomic mass is 10.0. The molecule has 0 saturated carbocycles. The van der Waals surface area contributed by atoms with E-state index in [0.717, 1.165) is 55.6 Å². The summed E-state index contributed by atoms with van der Waals surface area (Å²) >= 11 is 0. The van der Waals surface area contributed by atoms with Crippen LogP contribution in [0.5, 0.6) is 0 Å². The molecule has 0 atom stereocenters. The highest BCUT2D eigenvalue weighted by Crippen LogP contribution is 2.26. The van der Waals surface area contributed by atoms with Crippen molar-refractivity contribution in [1.82, 2.24) is 14.9 Å². The number of hydrogen-bond donors (Lipinski definition) is 2. The molecule has 0 bridgehead atoms. The van der Waals surface area contributed by atoms with Gasteiger partial charge in [0.2, 0.25) is 0 Å². The number of para-hydroxylation sites is 1. The number of carbonyl (C=O) groups excluding carboxylic acids is 2. The van der Waals surface area contributed by atoms with Gasteiger partial charge in [-0.1, -0.05) is 45.4 Å². The minimum absolute atomic E-state index is 0.180. The van der Waals surface area contributed by atoms with Crippen molar-refractivity contribution < 1.29 is 9.59 Å². The summed E-state index contributed by atoms with van der Waals surface area (Å²) in [6, 6.07) is 7.82. The molecular formula is C22H30N4O2. The van der Waals surface area contributed by atoms with Crippen LogP contribution in [0.2, 0.25) is 0 Å². The molecule has 28 heavy (non-hydrogen) atoms. The van der Waals surface area contributed by atoms with Crippen LogP contribution in [0.4, 0.5) is 5.69 Å². The number of nitrogens with zero attached hydrogens (tertiary/aromatic N) is 2. The van der Waals surface area contributed by atoms with Gasteiger partial charge in [0.05, 0.1) is 5.69 Å². The number of fused-ring (bicyclic) bond motifs is 1. The Morgan fingerprint density at radius 3 is 2.71 bits per heavy atom. The van der Waals surface area contributed by atoms with Crippen LogP contribution in [0, 0.1) is 0 Å². The lowest BCUT2D eigenvalue weighted by molar-refractivity contribution is 0.0947. The molecule has 2 heterocycles. The van der Waals surface area contributed by atoms with Gasteiger partial charge in [-0.25, -0.2) is 4.98 Å². The van der Waals surface area contributed by atoms with Crippen LogP contribution < -0.4 is 10.6 Å². The quantitative estimate of drug-likeness (QED) is 0.707. The molecule has 1 aromatic carbocycles. The van der Waals surface area contributed by atoms with E-state index in [-0.39, 0.29) is 11.8 Å². The number of rotatable bonds is 7. The number of aromatic nitrogens is 2. The Kier molecular flexibility index (Phi) is 6.49. The van der Waals surface area contributed by atoms with E-state index in [2.05, 4.69) is 36.4 Å². The molecule has 2 N–H and O–H groups in total. The monoisotopic (exact) mass is 382 g/mol. The van der Waals surface area contributed by atoms with Gasteiger partial charge in [0.25, 0.3) is 11.8 Å². The van der Waals surface area contributed by atoms with Crippen LogP contribution in [0.3, 0.4) is 0 Å². The van der Waals surface area contributed by atoms with Crippen molar-refractivity contribution in [2.75, 3.05) is 11.9 Å². The maximum absolute atomic E-state index is 13.0. The lowest BCUT2D eigenvalue weighted by Crippen LogP contribution is -2.26. The Labute approximate surface area is 166 Å². The summed E-state index contributed by atoms with van der Waals surface area (Å²) in [5.74, 6) is 0.184. The fraction of sp³-hybridized carbons (Fsp3) is 0.500. The van der Waals surface area contributed by atoms with Gasteiger partial charge >= 0.3 is 0 Å². The van der Waals surface area contributed by atoms with Gasteiger partial charge in [-0.05, 0) is 43.2 Å². The minimum Gasteiger partial charge on any atom is -0.351 e. The van der Waals surface area contributed by atoms with Crippen molar-refractivity contribution >= 4 is 17.5 Å². The lowest BCUT2D eigenvalue weighted by Gasteiger charge is -2.18. The number of benzene rings is 1. The highest BCUT2D eigenvalue weighted by Gasteiger charge is 2.27. The Hall–Kier alpha value is -2.63. The zero-order chi connectivity index (χ0) is 20.1. The summed E-state index contributed by atoms with van der Waals surface area (Å²) in [7, 11) is 0. The summed E-state index contributed by atoms with van der Waals surface area (Å²) in [5, 5.41) is 5.94. The van der Waals surface area contributed by atoms with Crippen LogP contribution in [-0.2, 0) is 13.0 Å². The number of hydrogen-bond acceptors (Lipinski definition) is 3. The van der Waals surface area contributed by atoms with Gasteiger partial charge < -0.3 is 15.2 Å². The van der Waals surface area contributed by atoms with Gasteiger partial charge in [-0.3, -0.25) is 9.59 Å². The maximum Gasteiger partial charge on any atom is 0.291 e. The first kappa shape index (κ1) is 20.1. The van der Waals surface area contributed by atoms with E-state index < -0.39 is 0 Å². The van der Waals surface area contributed by atoms with E-state index in [4.69, 9.17) is 0 Å². The third-order valence-corrected chi connectivity index (χ3v) is 5.18. The highest BCUT2D eigenvalue weighted by molar-refractivity contribution is 6.04. The van der Waals surface area contributed by atoms with Crippen molar-refractivity contribution in [2.45, 2.75) is 65.3 Å². The van der Waals surface area contributed by atoms with Gasteiger partial charge in [-0.15, -0.1) is 0 Å². The smallest absolute Gasteiger partial charge is 0.291 e. The molecule has 0 spiro atoms. The van der Waals surface area contributed by atoms with E-state index in [0.29, 0.717) is 24.0 Å². The molecule has 2 amide bonds. The largest absolute Gasteiger partial charge is 0.351 e. The van der Waals surface area contributed by atoms with E-state index in [9.17, 15) is 9.59 Å². The maximum atomic E-state index is 13.0. The molecule has 1 aromatic heterocycles. The van der Waals surface area contributed by atoms with Crippen LogP contribution >= 0.6 is 0 Å². The van der Waals surface area contributed by atoms with Crippen molar-refractivity contribution in [2.24, 2.45) is 0 Å². The number of anilines is 1. The molecule has 3 rings (SSSR count). The second-order valence-corrected chi connectivity index (χ2v) is 7.64. The normalized spacial score (nSPS) is 13.3. The molecule has 1 aliphatic rings. The number of carbonyl (C=O) groups is 2. The van der Waals surface area contributed by atoms with E-state index >= 15 is 0 Å².